The summed E-state index contributed by atoms with van der Waals surface area (Å²) in [5, 5.41) is 9.43. The third-order valence-electron chi connectivity index (χ3n) is 4.33. The molecule has 0 aliphatic rings. The van der Waals surface area contributed by atoms with Crippen LogP contribution in [-0.2, 0) is 6.18 Å². The standard InChI is InChI=1S/C21H20ClF3N4O2.C2H5O/c1-12-18(19(26)29-20(27)28-12)31-10-2-9-30-17-8-5-14(11-16(17)21(23,24)25)13-3-6-15(22)7-4-13;1-2-3/h3-8,11H,2,9-10H2,1H3,(H4,26,27,28,29);2H2,1H3/q;-1. The van der Waals surface area contributed by atoms with Crippen molar-refractivity contribution in [3.63, 3.8) is 0 Å². The van der Waals surface area contributed by atoms with Gasteiger partial charge in [-0.3, -0.25) is 0 Å². The van der Waals surface area contributed by atoms with Crippen LogP contribution in [0.15, 0.2) is 42.5 Å². The summed E-state index contributed by atoms with van der Waals surface area (Å²) in [5.41, 5.74) is 11.9. The van der Waals surface area contributed by atoms with E-state index in [4.69, 9.17) is 37.6 Å². The van der Waals surface area contributed by atoms with Crippen molar-refractivity contribution in [2.24, 2.45) is 0 Å². The van der Waals surface area contributed by atoms with Crippen LogP contribution >= 0.6 is 11.6 Å². The first kappa shape index (κ1) is 27.0. The molecule has 11 heteroatoms. The van der Waals surface area contributed by atoms with Crippen LogP contribution in [0.25, 0.3) is 11.1 Å². The zero-order valence-electron chi connectivity index (χ0n) is 18.7. The molecular weight excluding hydrogens is 473 g/mol. The number of nitrogen functional groups attached to an aromatic ring is 2. The van der Waals surface area contributed by atoms with E-state index in [1.165, 1.54) is 6.07 Å². The van der Waals surface area contributed by atoms with Gasteiger partial charge in [0, 0.05) is 11.4 Å². The van der Waals surface area contributed by atoms with Crippen LogP contribution < -0.4 is 26.0 Å². The van der Waals surface area contributed by atoms with Gasteiger partial charge in [0.15, 0.2) is 11.6 Å². The number of hydrogen-bond acceptors (Lipinski definition) is 7. The van der Waals surface area contributed by atoms with Gasteiger partial charge in [0.05, 0.1) is 24.5 Å². The van der Waals surface area contributed by atoms with Crippen molar-refractivity contribution in [3.8, 4) is 22.6 Å². The summed E-state index contributed by atoms with van der Waals surface area (Å²) < 4.78 is 51.6. The van der Waals surface area contributed by atoms with Crippen LogP contribution in [0.4, 0.5) is 24.9 Å². The predicted octanol–water partition coefficient (Wildman–Crippen LogP) is 4.50. The minimum atomic E-state index is -4.57. The van der Waals surface area contributed by atoms with Crippen molar-refractivity contribution < 1.29 is 27.8 Å². The monoisotopic (exact) mass is 497 g/mol. The third kappa shape index (κ3) is 7.67. The molecule has 0 unspecified atom stereocenters. The summed E-state index contributed by atoms with van der Waals surface area (Å²) in [5.74, 6) is 0.171. The van der Waals surface area contributed by atoms with Gasteiger partial charge in [-0.25, -0.2) is 4.98 Å². The molecule has 0 amide bonds. The van der Waals surface area contributed by atoms with Gasteiger partial charge in [-0.15, -0.1) is 6.61 Å². The molecule has 0 aliphatic carbocycles. The molecule has 4 N–H and O–H groups in total. The molecule has 184 valence electrons. The van der Waals surface area contributed by atoms with Gasteiger partial charge in [-0.05, 0) is 42.3 Å². The van der Waals surface area contributed by atoms with Gasteiger partial charge < -0.3 is 26.0 Å². The number of ether oxygens (including phenoxy) is 2. The van der Waals surface area contributed by atoms with E-state index in [-0.39, 0.29) is 43.1 Å². The lowest BCUT2D eigenvalue weighted by molar-refractivity contribution is -0.361. The fourth-order valence-corrected chi connectivity index (χ4v) is 3.03. The highest BCUT2D eigenvalue weighted by Crippen LogP contribution is 2.39. The largest absolute Gasteiger partial charge is 0.855 e. The lowest BCUT2D eigenvalue weighted by atomic mass is 10.0. The molecule has 2 aromatic carbocycles. The van der Waals surface area contributed by atoms with E-state index in [2.05, 4.69) is 9.97 Å². The average Bonchev–Trinajstić information content (AvgIpc) is 2.75. The van der Waals surface area contributed by atoms with E-state index >= 15 is 0 Å². The molecule has 0 radical (unpaired) electrons. The van der Waals surface area contributed by atoms with Crippen molar-refractivity contribution in [1.82, 2.24) is 9.97 Å². The maximum atomic E-state index is 13.6. The number of nitrogens with zero attached hydrogens (tertiary/aromatic N) is 2. The Morgan fingerprint density at radius 1 is 0.971 bits per heavy atom. The predicted molar refractivity (Wildman–Crippen MR) is 124 cm³/mol. The molecule has 0 bridgehead atoms. The lowest BCUT2D eigenvalue weighted by Crippen LogP contribution is -2.12. The second-order valence-corrected chi connectivity index (χ2v) is 7.37. The van der Waals surface area contributed by atoms with Crippen LogP contribution in [-0.4, -0.2) is 29.8 Å². The first-order chi connectivity index (χ1) is 16.1. The third-order valence-corrected chi connectivity index (χ3v) is 4.59. The highest BCUT2D eigenvalue weighted by Gasteiger charge is 2.34. The Balaban J connectivity index is 0.00000129. The summed E-state index contributed by atoms with van der Waals surface area (Å²) >= 11 is 5.84. The fraction of sp³-hybridized carbons (Fsp3) is 0.304. The summed E-state index contributed by atoms with van der Waals surface area (Å²) in [6, 6.07) is 10.5. The second-order valence-electron chi connectivity index (χ2n) is 6.94. The molecule has 3 aromatic rings. The zero-order chi connectivity index (χ0) is 25.3. The van der Waals surface area contributed by atoms with Gasteiger partial charge in [-0.1, -0.05) is 36.7 Å². The summed E-state index contributed by atoms with van der Waals surface area (Å²) in [6.07, 6.45) is -4.25. The Bertz CT molecular complexity index is 1060. The molecule has 0 atom stereocenters. The van der Waals surface area contributed by atoms with Crippen LogP contribution in [0.1, 0.15) is 24.6 Å². The maximum Gasteiger partial charge on any atom is 0.419 e. The second kappa shape index (κ2) is 12.3. The number of alkyl halides is 3. The van der Waals surface area contributed by atoms with Crippen molar-refractivity contribution in [3.05, 3.63) is 58.7 Å². The quantitative estimate of drug-likeness (QED) is 0.461. The van der Waals surface area contributed by atoms with Crippen LogP contribution in [0.2, 0.25) is 5.02 Å². The maximum absolute atomic E-state index is 13.6. The molecule has 7 nitrogen and oxygen atoms in total. The van der Waals surface area contributed by atoms with E-state index < -0.39 is 11.7 Å². The van der Waals surface area contributed by atoms with Gasteiger partial charge in [0.1, 0.15) is 5.75 Å². The Kier molecular flexibility index (Phi) is 9.76. The number of aryl methyl sites for hydroxylation is 1. The van der Waals surface area contributed by atoms with E-state index in [1.807, 2.05) is 0 Å². The van der Waals surface area contributed by atoms with Crippen LogP contribution in [0.5, 0.6) is 11.5 Å². The number of nitrogens with two attached hydrogens (primary N) is 2. The molecule has 0 aliphatic heterocycles. The number of rotatable bonds is 7. The van der Waals surface area contributed by atoms with E-state index in [0.717, 1.165) is 6.07 Å². The molecule has 0 spiro atoms. The molecule has 1 aromatic heterocycles. The van der Waals surface area contributed by atoms with E-state index in [9.17, 15) is 13.2 Å². The highest BCUT2D eigenvalue weighted by molar-refractivity contribution is 6.30. The first-order valence-corrected chi connectivity index (χ1v) is 10.6. The molecule has 0 saturated heterocycles. The normalized spacial score (nSPS) is 10.9. The number of anilines is 2. The van der Waals surface area contributed by atoms with E-state index in [1.54, 1.807) is 44.2 Å². The Morgan fingerprint density at radius 2 is 1.56 bits per heavy atom. The number of hydrogen-bond donors (Lipinski definition) is 2. The molecule has 0 fully saturated rings. The first-order valence-electron chi connectivity index (χ1n) is 10.3. The fourth-order valence-electron chi connectivity index (χ4n) is 2.90. The molecular formula is C23H25ClF3N4O3-. The van der Waals surface area contributed by atoms with Crippen molar-refractivity contribution in [2.45, 2.75) is 26.4 Å². The van der Waals surface area contributed by atoms with Gasteiger partial charge in [0.2, 0.25) is 5.95 Å². The van der Waals surface area contributed by atoms with Crippen molar-refractivity contribution in [1.29, 1.82) is 0 Å². The minimum absolute atomic E-state index is 0. The topological polar surface area (TPSA) is 119 Å². The highest BCUT2D eigenvalue weighted by atomic mass is 35.5. The van der Waals surface area contributed by atoms with Gasteiger partial charge in [0.25, 0.3) is 0 Å². The lowest BCUT2D eigenvalue weighted by Gasteiger charge is -2.16. The van der Waals surface area contributed by atoms with Crippen molar-refractivity contribution >= 4 is 23.4 Å². The summed E-state index contributed by atoms with van der Waals surface area (Å²) in [6.45, 7) is 3.40. The minimum Gasteiger partial charge on any atom is -0.855 e. The smallest absolute Gasteiger partial charge is 0.419 e. The number of aromatic nitrogens is 2. The van der Waals surface area contributed by atoms with Crippen molar-refractivity contribution in [2.75, 3.05) is 31.3 Å². The number of halogens is 4. The molecule has 34 heavy (non-hydrogen) atoms. The van der Waals surface area contributed by atoms with E-state index in [0.29, 0.717) is 28.3 Å². The molecule has 1 heterocycles. The number of benzene rings is 2. The molecule has 0 saturated carbocycles. The summed E-state index contributed by atoms with van der Waals surface area (Å²) in [7, 11) is 0. The SMILES string of the molecule is CC[O-].Cc1nc(N)nc(N)c1OCCCOc1ccc(-c2ccc(Cl)cc2)cc1C(F)(F)F. The van der Waals surface area contributed by atoms with Crippen LogP contribution in [0, 0.1) is 6.92 Å². The average molecular weight is 498 g/mol. The summed E-state index contributed by atoms with van der Waals surface area (Å²) in [4.78, 5) is 7.77. The van der Waals surface area contributed by atoms with Gasteiger partial charge in [-0.2, -0.15) is 18.2 Å². The van der Waals surface area contributed by atoms with Gasteiger partial charge >= 0.3 is 6.18 Å². The zero-order valence-corrected chi connectivity index (χ0v) is 19.4. The Morgan fingerprint density at radius 3 is 2.15 bits per heavy atom. The van der Waals surface area contributed by atoms with Crippen LogP contribution in [0.3, 0.4) is 0 Å². The Labute approximate surface area is 200 Å². The Hall–Kier alpha value is -3.24. The molecule has 3 rings (SSSR count).